The first-order valence-corrected chi connectivity index (χ1v) is 12.1. The van der Waals surface area contributed by atoms with E-state index in [0.717, 1.165) is 42.6 Å². The number of thiocarbonyl (C=S) groups is 1. The molecule has 1 atom stereocenters. The lowest BCUT2D eigenvalue weighted by molar-refractivity contribution is 0.414. The lowest BCUT2D eigenvalue weighted by Crippen LogP contribution is -2.39. The number of benzene rings is 1. The van der Waals surface area contributed by atoms with Crippen LogP contribution in [0.15, 0.2) is 30.3 Å². The predicted octanol–water partition coefficient (Wildman–Crippen LogP) is 4.34. The van der Waals surface area contributed by atoms with E-state index in [1.165, 1.54) is 38.5 Å². The Kier molecular flexibility index (Phi) is 7.63. The Labute approximate surface area is 196 Å². The molecule has 2 saturated heterocycles. The van der Waals surface area contributed by atoms with Crippen LogP contribution in [0.3, 0.4) is 0 Å². The van der Waals surface area contributed by atoms with Crippen molar-refractivity contribution in [3.05, 3.63) is 35.9 Å². The van der Waals surface area contributed by atoms with E-state index < -0.39 is 0 Å². The fourth-order valence-corrected chi connectivity index (χ4v) is 4.58. The van der Waals surface area contributed by atoms with Crippen LogP contribution in [0, 0.1) is 0 Å². The standard InChI is InChI=1S/C24H34N6OS/c1-18-8-4-7-15-30(18)22-16-21(29-13-5-3-6-14-29)26-23(27-22)28-24(32)25-17-19-9-11-20(31-2)12-10-19/h9-12,16,18H,3-8,13-15,17H2,1-2H3,(H2,25,26,27,28,32)/t18-/m1/s1. The molecule has 1 aromatic heterocycles. The molecule has 32 heavy (non-hydrogen) atoms. The van der Waals surface area contributed by atoms with Gasteiger partial charge in [0.05, 0.1) is 7.11 Å². The van der Waals surface area contributed by atoms with Crippen molar-refractivity contribution in [1.82, 2.24) is 15.3 Å². The zero-order valence-corrected chi connectivity index (χ0v) is 20.0. The fraction of sp³-hybridized carbons (Fsp3) is 0.542. The molecule has 8 heteroatoms. The lowest BCUT2D eigenvalue weighted by Gasteiger charge is -2.35. The van der Waals surface area contributed by atoms with Crippen molar-refractivity contribution in [2.75, 3.05) is 41.9 Å². The molecule has 2 aliphatic heterocycles. The number of methoxy groups -OCH3 is 1. The molecule has 1 aromatic carbocycles. The van der Waals surface area contributed by atoms with Gasteiger partial charge in [-0.15, -0.1) is 0 Å². The quantitative estimate of drug-likeness (QED) is 0.625. The number of anilines is 3. The molecule has 172 valence electrons. The molecule has 0 bridgehead atoms. The second-order valence-corrected chi connectivity index (χ2v) is 9.06. The summed E-state index contributed by atoms with van der Waals surface area (Å²) in [7, 11) is 1.67. The molecule has 2 N–H and O–H groups in total. The molecular weight excluding hydrogens is 420 g/mol. The second kappa shape index (κ2) is 10.8. The van der Waals surface area contributed by atoms with Crippen molar-refractivity contribution < 1.29 is 4.74 Å². The van der Waals surface area contributed by atoms with Crippen LogP contribution in [0.2, 0.25) is 0 Å². The Morgan fingerprint density at radius 2 is 1.75 bits per heavy atom. The minimum atomic E-state index is 0.487. The highest BCUT2D eigenvalue weighted by molar-refractivity contribution is 7.80. The molecule has 4 rings (SSSR count). The lowest BCUT2D eigenvalue weighted by atomic mass is 10.0. The van der Waals surface area contributed by atoms with Gasteiger partial charge in [0.15, 0.2) is 5.11 Å². The van der Waals surface area contributed by atoms with Gasteiger partial charge in [-0.3, -0.25) is 0 Å². The summed E-state index contributed by atoms with van der Waals surface area (Å²) in [5.74, 6) is 3.39. The number of hydrogen-bond donors (Lipinski definition) is 2. The van der Waals surface area contributed by atoms with Gasteiger partial charge in [0.2, 0.25) is 5.95 Å². The highest BCUT2D eigenvalue weighted by Crippen LogP contribution is 2.28. The number of nitrogens with one attached hydrogen (secondary N) is 2. The Balaban J connectivity index is 1.48. The van der Waals surface area contributed by atoms with Gasteiger partial charge in [-0.05, 0) is 75.4 Å². The van der Waals surface area contributed by atoms with Crippen molar-refractivity contribution in [2.24, 2.45) is 0 Å². The normalized spacial score (nSPS) is 18.9. The maximum absolute atomic E-state index is 5.55. The van der Waals surface area contributed by atoms with E-state index in [4.69, 9.17) is 26.9 Å². The third kappa shape index (κ3) is 5.79. The molecule has 0 unspecified atom stereocenters. The van der Waals surface area contributed by atoms with E-state index in [9.17, 15) is 0 Å². The maximum Gasteiger partial charge on any atom is 0.232 e. The largest absolute Gasteiger partial charge is 0.497 e. The van der Waals surface area contributed by atoms with Crippen LogP contribution in [0.4, 0.5) is 17.6 Å². The Morgan fingerprint density at radius 1 is 1.03 bits per heavy atom. The van der Waals surface area contributed by atoms with Gasteiger partial charge in [-0.1, -0.05) is 12.1 Å². The van der Waals surface area contributed by atoms with E-state index >= 15 is 0 Å². The Hall–Kier alpha value is -2.61. The zero-order chi connectivity index (χ0) is 22.3. The van der Waals surface area contributed by atoms with Gasteiger partial charge < -0.3 is 25.2 Å². The first-order chi connectivity index (χ1) is 15.6. The molecular formula is C24H34N6OS. The number of aromatic nitrogens is 2. The molecule has 0 amide bonds. The van der Waals surface area contributed by atoms with Crippen LogP contribution >= 0.6 is 12.2 Å². The second-order valence-electron chi connectivity index (χ2n) is 8.65. The van der Waals surface area contributed by atoms with Crippen LogP contribution in [0.1, 0.15) is 51.0 Å². The van der Waals surface area contributed by atoms with E-state index in [1.807, 2.05) is 24.3 Å². The number of rotatable bonds is 6. The van der Waals surface area contributed by atoms with Gasteiger partial charge in [0.25, 0.3) is 0 Å². The van der Waals surface area contributed by atoms with Gasteiger partial charge in [-0.2, -0.15) is 9.97 Å². The molecule has 2 aliphatic rings. The van der Waals surface area contributed by atoms with E-state index in [0.29, 0.717) is 23.6 Å². The van der Waals surface area contributed by atoms with E-state index in [-0.39, 0.29) is 0 Å². The summed E-state index contributed by atoms with van der Waals surface area (Å²) >= 11 is 5.55. The average Bonchev–Trinajstić information content (AvgIpc) is 2.83. The van der Waals surface area contributed by atoms with E-state index in [2.05, 4.69) is 33.4 Å². The summed E-state index contributed by atoms with van der Waals surface area (Å²) in [5.41, 5.74) is 1.13. The van der Waals surface area contributed by atoms with Crippen molar-refractivity contribution >= 4 is 34.9 Å². The molecule has 7 nitrogen and oxygen atoms in total. The molecule has 2 aromatic rings. The summed E-state index contributed by atoms with van der Waals surface area (Å²) in [5, 5.41) is 7.02. The minimum absolute atomic E-state index is 0.487. The summed E-state index contributed by atoms with van der Waals surface area (Å²) in [6.07, 6.45) is 7.41. The van der Waals surface area contributed by atoms with Gasteiger partial charge >= 0.3 is 0 Å². The van der Waals surface area contributed by atoms with Crippen molar-refractivity contribution in [1.29, 1.82) is 0 Å². The Bertz CT molecular complexity index is 900. The highest BCUT2D eigenvalue weighted by atomic mass is 32.1. The molecule has 3 heterocycles. The predicted molar refractivity (Wildman–Crippen MR) is 135 cm³/mol. The number of piperidine rings is 2. The van der Waals surface area contributed by atoms with E-state index in [1.54, 1.807) is 7.11 Å². The SMILES string of the molecule is COc1ccc(CNC(=S)Nc2nc(N3CCCCC3)cc(N3CCCC[C@H]3C)n2)cc1. The van der Waals surface area contributed by atoms with Crippen LogP contribution in [-0.2, 0) is 6.54 Å². The van der Waals surface area contributed by atoms with Crippen LogP contribution < -0.4 is 25.2 Å². The summed E-state index contributed by atoms with van der Waals surface area (Å²) in [6.45, 7) is 6.04. The number of ether oxygens (including phenoxy) is 1. The molecule has 0 radical (unpaired) electrons. The monoisotopic (exact) mass is 454 g/mol. The van der Waals surface area contributed by atoms with Crippen LogP contribution in [-0.4, -0.2) is 47.9 Å². The fourth-order valence-electron chi connectivity index (χ4n) is 4.42. The summed E-state index contributed by atoms with van der Waals surface area (Å²) < 4.78 is 5.22. The smallest absolute Gasteiger partial charge is 0.232 e. The summed E-state index contributed by atoms with van der Waals surface area (Å²) in [6, 6.07) is 10.6. The number of hydrogen-bond acceptors (Lipinski definition) is 6. The first kappa shape index (κ1) is 22.6. The maximum atomic E-state index is 5.55. The third-order valence-electron chi connectivity index (χ3n) is 6.31. The van der Waals surface area contributed by atoms with Gasteiger partial charge in [0, 0.05) is 38.3 Å². The number of nitrogens with zero attached hydrogens (tertiary/aromatic N) is 4. The van der Waals surface area contributed by atoms with Crippen molar-refractivity contribution in [3.63, 3.8) is 0 Å². The summed E-state index contributed by atoms with van der Waals surface area (Å²) in [4.78, 5) is 14.5. The zero-order valence-electron chi connectivity index (χ0n) is 19.1. The van der Waals surface area contributed by atoms with Crippen molar-refractivity contribution in [3.8, 4) is 5.75 Å². The van der Waals surface area contributed by atoms with Crippen molar-refractivity contribution in [2.45, 2.75) is 58.0 Å². The molecule has 2 fully saturated rings. The Morgan fingerprint density at radius 3 is 2.47 bits per heavy atom. The highest BCUT2D eigenvalue weighted by Gasteiger charge is 2.23. The van der Waals surface area contributed by atoms with Crippen LogP contribution in [0.25, 0.3) is 0 Å². The molecule has 0 saturated carbocycles. The minimum Gasteiger partial charge on any atom is -0.497 e. The average molecular weight is 455 g/mol. The molecule has 0 aliphatic carbocycles. The first-order valence-electron chi connectivity index (χ1n) is 11.7. The topological polar surface area (TPSA) is 65.6 Å². The van der Waals surface area contributed by atoms with Gasteiger partial charge in [0.1, 0.15) is 17.4 Å². The van der Waals surface area contributed by atoms with Crippen LogP contribution in [0.5, 0.6) is 5.75 Å². The molecule has 0 spiro atoms. The van der Waals surface area contributed by atoms with Gasteiger partial charge in [-0.25, -0.2) is 0 Å². The third-order valence-corrected chi connectivity index (χ3v) is 6.56.